The maximum Gasteiger partial charge on any atom is 0.363 e. The summed E-state index contributed by atoms with van der Waals surface area (Å²) in [7, 11) is 0. The SMILES string of the molecule is CC(/C=C1\N=C(c2ccco2)OC1=O)=C\c1ccccc1. The number of furan rings is 1. The molecule has 0 amide bonds. The van der Waals surface area contributed by atoms with Crippen LogP contribution < -0.4 is 0 Å². The second-order valence-corrected chi connectivity index (χ2v) is 4.61. The van der Waals surface area contributed by atoms with E-state index in [-0.39, 0.29) is 11.6 Å². The van der Waals surface area contributed by atoms with Crippen molar-refractivity contribution in [1.29, 1.82) is 0 Å². The van der Waals surface area contributed by atoms with Gasteiger partial charge in [-0.15, -0.1) is 0 Å². The quantitative estimate of drug-likeness (QED) is 0.637. The highest BCUT2D eigenvalue weighted by Crippen LogP contribution is 2.19. The highest BCUT2D eigenvalue weighted by atomic mass is 16.6. The summed E-state index contributed by atoms with van der Waals surface area (Å²) in [5.41, 5.74) is 2.25. The maximum atomic E-state index is 11.8. The Labute approximate surface area is 122 Å². The molecular weight excluding hydrogens is 266 g/mol. The van der Waals surface area contributed by atoms with E-state index in [1.165, 1.54) is 6.26 Å². The number of hydrogen-bond donors (Lipinski definition) is 0. The zero-order valence-electron chi connectivity index (χ0n) is 11.4. The van der Waals surface area contributed by atoms with Crippen LogP contribution in [0.1, 0.15) is 18.2 Å². The van der Waals surface area contributed by atoms with Gasteiger partial charge in [-0.05, 0) is 36.3 Å². The maximum absolute atomic E-state index is 11.8. The van der Waals surface area contributed by atoms with Gasteiger partial charge in [-0.2, -0.15) is 0 Å². The van der Waals surface area contributed by atoms with Crippen LogP contribution in [0, 0.1) is 0 Å². The molecule has 1 aliphatic heterocycles. The Morgan fingerprint density at radius 1 is 1.14 bits per heavy atom. The first kappa shape index (κ1) is 13.1. The summed E-state index contributed by atoms with van der Waals surface area (Å²) in [5.74, 6) is 0.169. The average molecular weight is 279 g/mol. The molecule has 104 valence electrons. The lowest BCUT2D eigenvalue weighted by Crippen LogP contribution is -2.04. The van der Waals surface area contributed by atoms with E-state index in [9.17, 15) is 4.79 Å². The van der Waals surface area contributed by atoms with E-state index in [4.69, 9.17) is 9.15 Å². The summed E-state index contributed by atoms with van der Waals surface area (Å²) in [6.07, 6.45) is 5.18. The predicted molar refractivity (Wildman–Crippen MR) is 79.5 cm³/mol. The minimum absolute atomic E-state index is 0.198. The van der Waals surface area contributed by atoms with E-state index in [0.29, 0.717) is 5.76 Å². The molecule has 0 atom stereocenters. The molecule has 3 rings (SSSR count). The van der Waals surface area contributed by atoms with Crippen molar-refractivity contribution in [2.75, 3.05) is 0 Å². The summed E-state index contributed by atoms with van der Waals surface area (Å²) in [6.45, 7) is 1.91. The Balaban J connectivity index is 1.86. The van der Waals surface area contributed by atoms with Crippen molar-refractivity contribution in [1.82, 2.24) is 0 Å². The Bertz CT molecular complexity index is 738. The molecule has 2 aromatic rings. The minimum Gasteiger partial charge on any atom is -0.459 e. The van der Waals surface area contributed by atoms with E-state index < -0.39 is 5.97 Å². The second-order valence-electron chi connectivity index (χ2n) is 4.61. The van der Waals surface area contributed by atoms with Crippen LogP contribution in [0.2, 0.25) is 0 Å². The molecule has 21 heavy (non-hydrogen) atoms. The molecule has 2 heterocycles. The van der Waals surface area contributed by atoms with Crippen molar-refractivity contribution in [2.24, 2.45) is 4.99 Å². The fraction of sp³-hybridized carbons (Fsp3) is 0.0588. The summed E-state index contributed by atoms with van der Waals surface area (Å²) in [6, 6.07) is 13.3. The van der Waals surface area contributed by atoms with Crippen LogP contribution in [-0.4, -0.2) is 11.9 Å². The van der Waals surface area contributed by atoms with Crippen molar-refractivity contribution < 1.29 is 13.9 Å². The average Bonchev–Trinajstić information content (AvgIpc) is 3.10. The summed E-state index contributed by atoms with van der Waals surface area (Å²) < 4.78 is 10.3. The second kappa shape index (κ2) is 5.63. The summed E-state index contributed by atoms with van der Waals surface area (Å²) in [5, 5.41) is 0. The van der Waals surface area contributed by atoms with Crippen LogP contribution in [0.25, 0.3) is 6.08 Å². The first-order chi connectivity index (χ1) is 10.2. The molecule has 0 bridgehead atoms. The first-order valence-electron chi connectivity index (χ1n) is 6.52. The molecule has 0 spiro atoms. The van der Waals surface area contributed by atoms with Gasteiger partial charge in [-0.3, -0.25) is 0 Å². The third-order valence-electron chi connectivity index (χ3n) is 2.91. The molecule has 0 fully saturated rings. The monoisotopic (exact) mass is 279 g/mol. The first-order valence-corrected chi connectivity index (χ1v) is 6.52. The Hall–Kier alpha value is -2.88. The van der Waals surface area contributed by atoms with Gasteiger partial charge in [0.15, 0.2) is 11.5 Å². The molecular formula is C17H13NO3. The van der Waals surface area contributed by atoms with Crippen molar-refractivity contribution in [2.45, 2.75) is 6.92 Å². The van der Waals surface area contributed by atoms with Gasteiger partial charge in [-0.1, -0.05) is 36.4 Å². The molecule has 0 unspecified atom stereocenters. The Morgan fingerprint density at radius 3 is 2.67 bits per heavy atom. The van der Waals surface area contributed by atoms with Crippen LogP contribution in [0.15, 0.2) is 75.5 Å². The molecule has 0 aliphatic carbocycles. The zero-order valence-corrected chi connectivity index (χ0v) is 11.4. The lowest BCUT2D eigenvalue weighted by molar-refractivity contribution is -0.130. The molecule has 0 saturated heterocycles. The van der Waals surface area contributed by atoms with Gasteiger partial charge in [0.1, 0.15) is 0 Å². The molecule has 0 saturated carbocycles. The van der Waals surface area contributed by atoms with Crippen LogP contribution >= 0.6 is 0 Å². The third kappa shape index (κ3) is 3.00. The summed E-state index contributed by atoms with van der Waals surface area (Å²) in [4.78, 5) is 16.0. The van der Waals surface area contributed by atoms with E-state index in [0.717, 1.165) is 11.1 Å². The number of allylic oxidation sites excluding steroid dienone is 2. The normalized spacial score (nSPS) is 17.0. The van der Waals surface area contributed by atoms with Crippen molar-refractivity contribution in [3.05, 3.63) is 77.4 Å². The van der Waals surface area contributed by atoms with Crippen LogP contribution in [-0.2, 0) is 9.53 Å². The Morgan fingerprint density at radius 2 is 1.95 bits per heavy atom. The number of nitrogens with zero attached hydrogens (tertiary/aromatic N) is 1. The van der Waals surface area contributed by atoms with Gasteiger partial charge in [0.05, 0.1) is 6.26 Å². The zero-order chi connectivity index (χ0) is 14.7. The highest BCUT2D eigenvalue weighted by Gasteiger charge is 2.25. The van der Waals surface area contributed by atoms with Gasteiger partial charge in [0.2, 0.25) is 0 Å². The number of carbonyl (C=O) groups excluding carboxylic acids is 1. The molecule has 1 aromatic carbocycles. The van der Waals surface area contributed by atoms with Crippen LogP contribution in [0.4, 0.5) is 0 Å². The largest absolute Gasteiger partial charge is 0.459 e. The van der Waals surface area contributed by atoms with Crippen molar-refractivity contribution >= 4 is 17.9 Å². The Kier molecular flexibility index (Phi) is 3.51. The standard InChI is InChI=1S/C17H13NO3/c1-12(10-13-6-3-2-4-7-13)11-14-17(19)21-16(18-14)15-8-5-9-20-15/h2-11H,1H3/b12-10+,14-11-. The van der Waals surface area contributed by atoms with E-state index in [2.05, 4.69) is 4.99 Å². The third-order valence-corrected chi connectivity index (χ3v) is 2.91. The van der Waals surface area contributed by atoms with Gasteiger partial charge in [0, 0.05) is 0 Å². The number of ether oxygens (including phenoxy) is 1. The summed E-state index contributed by atoms with van der Waals surface area (Å²) >= 11 is 0. The van der Waals surface area contributed by atoms with E-state index >= 15 is 0 Å². The topological polar surface area (TPSA) is 51.8 Å². The fourth-order valence-corrected chi connectivity index (χ4v) is 1.98. The molecule has 4 heteroatoms. The smallest absolute Gasteiger partial charge is 0.363 e. The van der Waals surface area contributed by atoms with Gasteiger partial charge >= 0.3 is 5.97 Å². The number of esters is 1. The minimum atomic E-state index is -0.470. The van der Waals surface area contributed by atoms with Crippen LogP contribution in [0.5, 0.6) is 0 Å². The number of carbonyl (C=O) groups is 1. The fourth-order valence-electron chi connectivity index (χ4n) is 1.98. The molecule has 0 radical (unpaired) electrons. The number of benzene rings is 1. The molecule has 0 N–H and O–H groups in total. The number of hydrogen-bond acceptors (Lipinski definition) is 4. The lowest BCUT2D eigenvalue weighted by atomic mass is 10.1. The number of cyclic esters (lactones) is 1. The van der Waals surface area contributed by atoms with Gasteiger partial charge in [0.25, 0.3) is 5.90 Å². The molecule has 1 aromatic heterocycles. The number of rotatable bonds is 3. The molecule has 1 aliphatic rings. The van der Waals surface area contributed by atoms with E-state index in [1.54, 1.807) is 18.2 Å². The van der Waals surface area contributed by atoms with Crippen LogP contribution in [0.3, 0.4) is 0 Å². The van der Waals surface area contributed by atoms with Crippen molar-refractivity contribution in [3.8, 4) is 0 Å². The molecule has 4 nitrogen and oxygen atoms in total. The van der Waals surface area contributed by atoms with Gasteiger partial charge < -0.3 is 9.15 Å². The van der Waals surface area contributed by atoms with E-state index in [1.807, 2.05) is 43.3 Å². The highest BCUT2D eigenvalue weighted by molar-refractivity contribution is 6.10. The lowest BCUT2D eigenvalue weighted by Gasteiger charge is -1.95. The number of aliphatic imine (C=N–C) groups is 1. The predicted octanol–water partition coefficient (Wildman–Crippen LogP) is 3.57. The van der Waals surface area contributed by atoms with Gasteiger partial charge in [-0.25, -0.2) is 9.79 Å². The van der Waals surface area contributed by atoms with Crippen molar-refractivity contribution in [3.63, 3.8) is 0 Å².